The molecule has 6 heteroatoms. The number of para-hydroxylation sites is 2. The van der Waals surface area contributed by atoms with E-state index in [9.17, 15) is 0 Å². The van der Waals surface area contributed by atoms with Crippen LogP contribution in [0.2, 0.25) is 0 Å². The quantitative estimate of drug-likeness (QED) is 0.111. The minimum absolute atomic E-state index is 0.919. The van der Waals surface area contributed by atoms with Crippen LogP contribution in [0.25, 0.3) is 187 Å². The van der Waals surface area contributed by atoms with Crippen molar-refractivity contribution in [3.63, 3.8) is 0 Å². The van der Waals surface area contributed by atoms with Crippen molar-refractivity contribution in [1.82, 2.24) is 29.9 Å². The van der Waals surface area contributed by atoms with Crippen molar-refractivity contribution in [1.29, 1.82) is 0 Å². The third-order valence-corrected chi connectivity index (χ3v) is 18.8. The number of benzene rings is 13. The standard InChI is InChI=1S/C47H29N3.C43H27N3/c1-2-7-32(8-3-1)45-40-10-4-5-11-44(40)50-47-41(45)23-20-33-21-25-43(49-46(33)47)39-19-18-36-27-34(16-17-37(36)29-39)30-12-14-31(15-13-30)35-22-24-42-38(28-35)9-6-26-48-42;1-2-7-32(8-3-1)41-36-10-4-5-11-40(36)46-43-37(41)23-20-33-21-25-39(45-42(33)43)31-18-16-29(17-19-31)28-12-14-30(15-13-28)34-22-24-38-35(27-34)9-6-26-44-38/h1-29H;1-27H. The summed E-state index contributed by atoms with van der Waals surface area (Å²) in [5.74, 6) is 0. The van der Waals surface area contributed by atoms with Crippen LogP contribution in [0.3, 0.4) is 0 Å². The fraction of sp³-hybridized carbons (Fsp3) is 0. The molecule has 0 N–H and O–H groups in total. The predicted octanol–water partition coefficient (Wildman–Crippen LogP) is 23.5. The van der Waals surface area contributed by atoms with Crippen LogP contribution >= 0.6 is 0 Å². The van der Waals surface area contributed by atoms with Gasteiger partial charge in [-0.1, -0.05) is 255 Å². The van der Waals surface area contributed by atoms with Crippen molar-refractivity contribution in [2.75, 3.05) is 0 Å². The first kappa shape index (κ1) is 55.9. The molecular weight excluding hydrogens is 1170 g/mol. The van der Waals surface area contributed by atoms with Gasteiger partial charge in [-0.15, -0.1) is 0 Å². The lowest BCUT2D eigenvalue weighted by molar-refractivity contribution is 1.39. The SMILES string of the molecule is c1ccc(-c2c3ccccc3nc3c2ccc2ccc(-c4ccc(-c5ccc(-c6ccc7ncccc7c6)cc5)cc4)nc23)cc1.c1ccc(-c2c3ccccc3nc3c2ccc2ccc(-c4ccc5cc(-c6ccc(-c7ccc8ncccc8c7)cc6)ccc5c4)nc23)cc1. The number of hydrogen-bond acceptors (Lipinski definition) is 6. The fourth-order valence-corrected chi connectivity index (χ4v) is 13.9. The van der Waals surface area contributed by atoms with Gasteiger partial charge in [0.05, 0.1) is 55.5 Å². The summed E-state index contributed by atoms with van der Waals surface area (Å²) in [6.45, 7) is 0. The Balaban J connectivity index is 0.000000141. The summed E-state index contributed by atoms with van der Waals surface area (Å²) in [5.41, 5.74) is 26.0. The highest BCUT2D eigenvalue weighted by molar-refractivity contribution is 6.18. The molecule has 0 aliphatic carbocycles. The van der Waals surface area contributed by atoms with E-state index in [4.69, 9.17) is 19.9 Å². The van der Waals surface area contributed by atoms with Gasteiger partial charge in [0.1, 0.15) is 0 Å². The van der Waals surface area contributed by atoms with Crippen LogP contribution in [-0.2, 0) is 0 Å². The van der Waals surface area contributed by atoms with Crippen molar-refractivity contribution in [2.24, 2.45) is 0 Å². The zero-order valence-electron chi connectivity index (χ0n) is 52.0. The van der Waals surface area contributed by atoms with E-state index in [1.165, 1.54) is 77.5 Å². The van der Waals surface area contributed by atoms with Gasteiger partial charge in [-0.05, 0) is 139 Å². The van der Waals surface area contributed by atoms with Crippen LogP contribution in [0, 0.1) is 0 Å². The van der Waals surface area contributed by atoms with Crippen LogP contribution in [-0.4, -0.2) is 29.9 Å². The van der Waals surface area contributed by atoms with Crippen molar-refractivity contribution < 1.29 is 0 Å². The molecule has 0 spiro atoms. The highest BCUT2D eigenvalue weighted by Crippen LogP contribution is 2.41. The number of rotatable bonds is 8. The lowest BCUT2D eigenvalue weighted by Gasteiger charge is -2.13. The molecule has 6 heterocycles. The largest absolute Gasteiger partial charge is 0.256 e. The Labute approximate surface area is 553 Å². The van der Waals surface area contributed by atoms with Gasteiger partial charge in [-0.2, -0.15) is 0 Å². The molecule has 0 bridgehead atoms. The van der Waals surface area contributed by atoms with Crippen molar-refractivity contribution in [3.05, 3.63) is 340 Å². The summed E-state index contributed by atoms with van der Waals surface area (Å²) in [6, 6.07) is 116. The molecular formula is C90H56N6. The maximum absolute atomic E-state index is 5.27. The molecule has 0 saturated heterocycles. The van der Waals surface area contributed by atoms with E-state index in [1.54, 1.807) is 0 Å². The Morgan fingerprint density at radius 3 is 0.979 bits per heavy atom. The molecule has 0 saturated carbocycles. The van der Waals surface area contributed by atoms with Crippen LogP contribution in [0.5, 0.6) is 0 Å². The molecule has 0 fully saturated rings. The van der Waals surface area contributed by atoms with E-state index in [-0.39, 0.29) is 0 Å². The highest BCUT2D eigenvalue weighted by atomic mass is 14.8. The Morgan fingerprint density at radius 2 is 0.510 bits per heavy atom. The summed E-state index contributed by atoms with van der Waals surface area (Å²) in [4.78, 5) is 29.7. The summed E-state index contributed by atoms with van der Waals surface area (Å²) < 4.78 is 0. The molecule has 446 valence electrons. The van der Waals surface area contributed by atoms with Crippen LogP contribution in [0.4, 0.5) is 0 Å². The van der Waals surface area contributed by atoms with Gasteiger partial charge in [0.25, 0.3) is 0 Å². The first-order chi connectivity index (χ1) is 47.5. The zero-order chi connectivity index (χ0) is 63.5. The summed E-state index contributed by atoms with van der Waals surface area (Å²) in [6.07, 6.45) is 3.67. The Hall–Kier alpha value is -12.9. The molecule has 0 aliphatic heterocycles. The number of pyridine rings is 6. The van der Waals surface area contributed by atoms with Gasteiger partial charge in [0, 0.05) is 77.7 Å². The van der Waals surface area contributed by atoms with E-state index < -0.39 is 0 Å². The molecule has 19 rings (SSSR count). The summed E-state index contributed by atoms with van der Waals surface area (Å²) in [7, 11) is 0. The molecule has 0 unspecified atom stereocenters. The minimum atomic E-state index is 0.919. The van der Waals surface area contributed by atoms with Gasteiger partial charge in [0.15, 0.2) is 0 Å². The number of nitrogens with zero attached hydrogens (tertiary/aromatic N) is 6. The van der Waals surface area contributed by atoms with E-state index >= 15 is 0 Å². The van der Waals surface area contributed by atoms with Crippen LogP contribution in [0.15, 0.2) is 340 Å². The first-order valence-corrected chi connectivity index (χ1v) is 32.4. The number of hydrogen-bond donors (Lipinski definition) is 0. The second-order valence-corrected chi connectivity index (χ2v) is 24.5. The molecule has 6 nitrogen and oxygen atoms in total. The fourth-order valence-electron chi connectivity index (χ4n) is 13.9. The maximum Gasteiger partial charge on any atom is 0.0978 e. The lowest BCUT2D eigenvalue weighted by Crippen LogP contribution is -1.93. The van der Waals surface area contributed by atoms with Gasteiger partial charge < -0.3 is 0 Å². The van der Waals surface area contributed by atoms with Gasteiger partial charge in [-0.25, -0.2) is 19.9 Å². The van der Waals surface area contributed by atoms with Gasteiger partial charge in [-0.3, -0.25) is 9.97 Å². The van der Waals surface area contributed by atoms with Crippen LogP contribution in [0.1, 0.15) is 0 Å². The average Bonchev–Trinajstić information content (AvgIpc) is 0.753. The van der Waals surface area contributed by atoms with Crippen LogP contribution < -0.4 is 0 Å². The van der Waals surface area contributed by atoms with Gasteiger partial charge >= 0.3 is 0 Å². The van der Waals surface area contributed by atoms with E-state index in [0.717, 1.165) is 110 Å². The molecule has 96 heavy (non-hydrogen) atoms. The molecule has 0 amide bonds. The number of fused-ring (bicyclic) bond motifs is 11. The third-order valence-electron chi connectivity index (χ3n) is 18.8. The zero-order valence-corrected chi connectivity index (χ0v) is 52.0. The second-order valence-electron chi connectivity index (χ2n) is 24.5. The van der Waals surface area contributed by atoms with Crippen molar-refractivity contribution >= 4 is 98.0 Å². The molecule has 0 aliphatic rings. The summed E-state index contributed by atoms with van der Waals surface area (Å²) >= 11 is 0. The second kappa shape index (κ2) is 23.7. The Bertz CT molecular complexity index is 6230. The van der Waals surface area contributed by atoms with Crippen molar-refractivity contribution in [2.45, 2.75) is 0 Å². The topological polar surface area (TPSA) is 77.3 Å². The first-order valence-electron chi connectivity index (χ1n) is 32.4. The van der Waals surface area contributed by atoms with E-state index in [2.05, 4.69) is 325 Å². The smallest absolute Gasteiger partial charge is 0.0978 e. The third kappa shape index (κ3) is 10.3. The van der Waals surface area contributed by atoms with Gasteiger partial charge in [0.2, 0.25) is 0 Å². The molecule has 19 aromatic rings. The van der Waals surface area contributed by atoms with E-state index in [1.807, 2.05) is 24.5 Å². The van der Waals surface area contributed by atoms with E-state index in [0.29, 0.717) is 0 Å². The molecule has 0 radical (unpaired) electrons. The lowest BCUT2D eigenvalue weighted by atomic mass is 9.95. The predicted molar refractivity (Wildman–Crippen MR) is 401 cm³/mol. The maximum atomic E-state index is 5.27. The molecule has 0 atom stereocenters. The summed E-state index contributed by atoms with van der Waals surface area (Å²) in [5, 5.41) is 11.4. The molecule has 13 aromatic carbocycles. The highest BCUT2D eigenvalue weighted by Gasteiger charge is 2.18. The monoisotopic (exact) mass is 1220 g/mol. The van der Waals surface area contributed by atoms with Crippen molar-refractivity contribution in [3.8, 4) is 89.3 Å². The Kier molecular flexibility index (Phi) is 13.8. The normalized spacial score (nSPS) is 11.5. The number of aromatic nitrogens is 6. The average molecular weight is 1220 g/mol. The molecule has 6 aromatic heterocycles. The Morgan fingerprint density at radius 1 is 0.167 bits per heavy atom. The minimum Gasteiger partial charge on any atom is -0.256 e.